The second-order valence-corrected chi connectivity index (χ2v) is 13.1. The van der Waals surface area contributed by atoms with Crippen LogP contribution in [0.1, 0.15) is 75.3 Å². The number of hydroxylamine groups is 4. The molecule has 210 valence electrons. The number of carbonyl (C=O) groups excluding carboxylic acids is 2. The van der Waals surface area contributed by atoms with Crippen molar-refractivity contribution in [2.75, 3.05) is 13.1 Å². The van der Waals surface area contributed by atoms with Crippen LogP contribution >= 0.6 is 22.7 Å². The quantitative estimate of drug-likeness (QED) is 0.225. The summed E-state index contributed by atoms with van der Waals surface area (Å²) in [6.45, 7) is 5.58. The van der Waals surface area contributed by atoms with Crippen molar-refractivity contribution in [1.29, 1.82) is 0 Å². The Kier molecular flexibility index (Phi) is 8.21. The molecule has 0 saturated carbocycles. The minimum absolute atomic E-state index is 0.0185. The molecule has 0 amide bonds. The third-order valence-corrected chi connectivity index (χ3v) is 10.3. The van der Waals surface area contributed by atoms with Gasteiger partial charge in [0.05, 0.1) is 12.8 Å². The molecule has 4 heterocycles. The first-order chi connectivity index (χ1) is 19.5. The molecule has 4 atom stereocenters. The van der Waals surface area contributed by atoms with Gasteiger partial charge in [-0.1, -0.05) is 24.3 Å². The third kappa shape index (κ3) is 5.81. The predicted octanol–water partition coefficient (Wildman–Crippen LogP) is 7.65. The van der Waals surface area contributed by atoms with Gasteiger partial charge in [-0.25, -0.2) is 0 Å². The van der Waals surface area contributed by atoms with E-state index in [9.17, 15) is 9.59 Å². The van der Waals surface area contributed by atoms with Crippen LogP contribution in [0.5, 0.6) is 0 Å². The second-order valence-electron chi connectivity index (χ2n) is 11.2. The first-order valence-corrected chi connectivity index (χ1v) is 16.1. The van der Waals surface area contributed by atoms with Crippen molar-refractivity contribution in [1.82, 2.24) is 10.1 Å². The average molecular weight is 577 g/mol. The summed E-state index contributed by atoms with van der Waals surface area (Å²) in [6, 6.07) is 17.7. The maximum atomic E-state index is 12.6. The topological polar surface area (TPSA) is 59.1 Å². The molecule has 2 fully saturated rings. The predicted molar refractivity (Wildman–Crippen MR) is 161 cm³/mol. The third-order valence-electron chi connectivity index (χ3n) is 8.54. The van der Waals surface area contributed by atoms with Crippen molar-refractivity contribution in [3.8, 4) is 0 Å². The van der Waals surface area contributed by atoms with Crippen LogP contribution in [0.2, 0.25) is 0 Å². The lowest BCUT2D eigenvalue weighted by Gasteiger charge is -2.36. The molecule has 0 aliphatic carbocycles. The number of rotatable bonds is 7. The zero-order chi connectivity index (χ0) is 27.6. The smallest absolute Gasteiger partial charge is 0.325 e. The first-order valence-electron chi connectivity index (χ1n) is 14.3. The Bertz CT molecular complexity index is 1380. The lowest BCUT2D eigenvalue weighted by Crippen LogP contribution is -2.42. The maximum absolute atomic E-state index is 12.6. The molecule has 0 N–H and O–H groups in total. The van der Waals surface area contributed by atoms with Crippen LogP contribution in [-0.4, -0.2) is 47.2 Å². The van der Waals surface area contributed by atoms with Gasteiger partial charge in [0.15, 0.2) is 0 Å². The summed E-state index contributed by atoms with van der Waals surface area (Å²) in [5.41, 5.74) is 2.78. The van der Waals surface area contributed by atoms with Crippen LogP contribution in [-0.2, 0) is 19.3 Å². The van der Waals surface area contributed by atoms with Gasteiger partial charge in [0, 0.05) is 34.6 Å². The molecule has 40 heavy (non-hydrogen) atoms. The Morgan fingerprint density at radius 2 is 1.18 bits per heavy atom. The van der Waals surface area contributed by atoms with Gasteiger partial charge in [0.1, 0.15) is 0 Å². The summed E-state index contributed by atoms with van der Waals surface area (Å²) in [7, 11) is 0. The van der Waals surface area contributed by atoms with Gasteiger partial charge < -0.3 is 9.68 Å². The van der Waals surface area contributed by atoms with Gasteiger partial charge in [-0.05, 0) is 108 Å². The van der Waals surface area contributed by atoms with E-state index >= 15 is 0 Å². The summed E-state index contributed by atoms with van der Waals surface area (Å²) in [5, 5.41) is 10.6. The van der Waals surface area contributed by atoms with Gasteiger partial charge in [0.25, 0.3) is 0 Å². The van der Waals surface area contributed by atoms with Gasteiger partial charge in [-0.15, -0.1) is 32.8 Å². The van der Waals surface area contributed by atoms with Crippen molar-refractivity contribution in [3.05, 3.63) is 70.4 Å². The Hall–Kier alpha value is -2.78. The molecule has 6 rings (SSSR count). The van der Waals surface area contributed by atoms with E-state index in [1.54, 1.807) is 32.8 Å². The number of hydrogen-bond acceptors (Lipinski definition) is 8. The number of thiophene rings is 2. The average Bonchev–Trinajstić information content (AvgIpc) is 3.64. The molecule has 4 unspecified atom stereocenters. The largest absolute Gasteiger partial charge is 0.368 e. The molecular weight excluding hydrogens is 540 g/mol. The SMILES string of the molecule is CC1CC(c2cccc3sccc23)CCN1OC(=O)CCC(=O)ON1CCC(c2cccc3sccc23)CC1C. The Morgan fingerprint density at radius 1 is 0.725 bits per heavy atom. The molecule has 0 radical (unpaired) electrons. The zero-order valence-corrected chi connectivity index (χ0v) is 24.7. The van der Waals surface area contributed by atoms with Crippen molar-refractivity contribution < 1.29 is 19.3 Å². The summed E-state index contributed by atoms with van der Waals surface area (Å²) in [5.74, 6) is 0.139. The van der Waals surface area contributed by atoms with E-state index in [1.165, 1.54) is 31.3 Å². The molecule has 0 spiro atoms. The minimum atomic E-state index is -0.377. The molecule has 2 aliphatic heterocycles. The molecule has 2 saturated heterocycles. The first kappa shape index (κ1) is 27.4. The molecule has 4 aromatic rings. The van der Waals surface area contributed by atoms with E-state index in [4.69, 9.17) is 9.68 Å². The lowest BCUT2D eigenvalue weighted by molar-refractivity contribution is -0.213. The van der Waals surface area contributed by atoms with Crippen LogP contribution in [0.15, 0.2) is 59.3 Å². The van der Waals surface area contributed by atoms with E-state index in [0.717, 1.165) is 25.7 Å². The highest BCUT2D eigenvalue weighted by molar-refractivity contribution is 7.17. The number of benzene rings is 2. The fourth-order valence-electron chi connectivity index (χ4n) is 6.44. The van der Waals surface area contributed by atoms with Crippen LogP contribution in [0.4, 0.5) is 0 Å². The summed E-state index contributed by atoms with van der Waals surface area (Å²) < 4.78 is 2.64. The number of fused-ring (bicyclic) bond motifs is 2. The molecule has 2 aliphatic rings. The molecular formula is C32H36N2O4S2. The van der Waals surface area contributed by atoms with Crippen molar-refractivity contribution in [3.63, 3.8) is 0 Å². The Balaban J connectivity index is 0.948. The highest BCUT2D eigenvalue weighted by atomic mass is 32.1. The molecule has 2 aromatic carbocycles. The fraction of sp³-hybridized carbons (Fsp3) is 0.438. The monoisotopic (exact) mass is 576 g/mol. The fourth-order valence-corrected chi connectivity index (χ4v) is 8.08. The number of piperidine rings is 2. The lowest BCUT2D eigenvalue weighted by atomic mass is 9.85. The molecule has 8 heteroatoms. The van der Waals surface area contributed by atoms with E-state index in [0.29, 0.717) is 24.9 Å². The van der Waals surface area contributed by atoms with Crippen LogP contribution in [0.25, 0.3) is 20.2 Å². The summed E-state index contributed by atoms with van der Waals surface area (Å²) in [6.07, 6.45) is 3.76. The summed E-state index contributed by atoms with van der Waals surface area (Å²) in [4.78, 5) is 36.6. The van der Waals surface area contributed by atoms with Crippen LogP contribution in [0.3, 0.4) is 0 Å². The van der Waals surface area contributed by atoms with E-state index in [-0.39, 0.29) is 36.9 Å². The van der Waals surface area contributed by atoms with Crippen LogP contribution < -0.4 is 0 Å². The Morgan fingerprint density at radius 3 is 1.60 bits per heavy atom. The normalized spacial score (nSPS) is 24.4. The van der Waals surface area contributed by atoms with E-state index in [1.807, 2.05) is 0 Å². The second kappa shape index (κ2) is 12.0. The summed E-state index contributed by atoms with van der Waals surface area (Å²) >= 11 is 3.55. The zero-order valence-electron chi connectivity index (χ0n) is 23.1. The van der Waals surface area contributed by atoms with Gasteiger partial charge >= 0.3 is 11.9 Å². The number of nitrogens with zero attached hydrogens (tertiary/aromatic N) is 2. The van der Waals surface area contributed by atoms with Crippen molar-refractivity contribution in [2.45, 2.75) is 76.3 Å². The molecule has 6 nitrogen and oxygen atoms in total. The standard InChI is InChI=1S/C32H36N2O4S2/c1-21-19-23(25-5-3-7-29-27(25)13-17-39-29)11-15-33(21)37-31(35)9-10-32(36)38-34-16-12-24(20-22(34)2)26-6-4-8-30-28(26)14-18-40-30/h3-8,13-14,17-18,21-24H,9-12,15-16,19-20H2,1-2H3. The van der Waals surface area contributed by atoms with Gasteiger partial charge in [-0.2, -0.15) is 0 Å². The van der Waals surface area contributed by atoms with E-state index in [2.05, 4.69) is 73.1 Å². The van der Waals surface area contributed by atoms with E-state index < -0.39 is 0 Å². The Labute approximate surface area is 243 Å². The van der Waals surface area contributed by atoms with Crippen LogP contribution in [0, 0.1) is 0 Å². The van der Waals surface area contributed by atoms with Gasteiger partial charge in [0.2, 0.25) is 0 Å². The maximum Gasteiger partial charge on any atom is 0.325 e. The van der Waals surface area contributed by atoms with Gasteiger partial charge in [-0.3, -0.25) is 9.59 Å². The van der Waals surface area contributed by atoms with Crippen molar-refractivity contribution >= 4 is 54.8 Å². The number of carbonyl (C=O) groups is 2. The van der Waals surface area contributed by atoms with Crippen molar-refractivity contribution in [2.24, 2.45) is 0 Å². The molecule has 2 aromatic heterocycles. The minimum Gasteiger partial charge on any atom is -0.368 e. The molecule has 0 bridgehead atoms. The number of hydrogen-bond donors (Lipinski definition) is 0. The highest BCUT2D eigenvalue weighted by Gasteiger charge is 2.32. The highest BCUT2D eigenvalue weighted by Crippen LogP contribution is 2.38.